The fraction of sp³-hybridized carbons (Fsp3) is 0.267. The van der Waals surface area contributed by atoms with Gasteiger partial charge in [0.05, 0.1) is 5.69 Å². The summed E-state index contributed by atoms with van der Waals surface area (Å²) in [5.41, 5.74) is 3.11. The molecule has 1 amide bonds. The van der Waals surface area contributed by atoms with Gasteiger partial charge in [-0.15, -0.1) is 5.10 Å². The van der Waals surface area contributed by atoms with E-state index in [0.29, 0.717) is 11.6 Å². The molecule has 0 saturated carbocycles. The summed E-state index contributed by atoms with van der Waals surface area (Å²) in [7, 11) is 0. The first-order valence-corrected chi connectivity index (χ1v) is 6.28. The predicted molar refractivity (Wildman–Crippen MR) is 75.3 cm³/mol. The Hall–Kier alpha value is -2.23. The van der Waals surface area contributed by atoms with Crippen molar-refractivity contribution in [2.45, 2.75) is 26.7 Å². The number of carbonyl (C=O) groups excluding carboxylic acids is 1. The number of carbonyl (C=O) groups is 1. The molecule has 0 saturated heterocycles. The Morgan fingerprint density at radius 1 is 1.05 bits per heavy atom. The van der Waals surface area contributed by atoms with Crippen molar-refractivity contribution in [3.05, 3.63) is 53.3 Å². The quantitative estimate of drug-likeness (QED) is 0.916. The van der Waals surface area contributed by atoms with Crippen LogP contribution in [-0.2, 0) is 0 Å². The van der Waals surface area contributed by atoms with Gasteiger partial charge in [-0.2, -0.15) is 5.10 Å². The molecule has 1 heterocycles. The number of amides is 1. The second-order valence-corrected chi connectivity index (χ2v) is 4.82. The number of rotatable bonds is 3. The summed E-state index contributed by atoms with van der Waals surface area (Å²) in [5, 5.41) is 10.8. The molecule has 4 heteroatoms. The van der Waals surface area contributed by atoms with Gasteiger partial charge in [0.25, 0.3) is 5.91 Å². The molecule has 4 nitrogen and oxygen atoms in total. The lowest BCUT2D eigenvalue weighted by molar-refractivity contribution is 0.102. The van der Waals surface area contributed by atoms with E-state index >= 15 is 0 Å². The van der Waals surface area contributed by atoms with Gasteiger partial charge in [0.1, 0.15) is 0 Å². The van der Waals surface area contributed by atoms with Crippen LogP contribution in [0.25, 0.3) is 0 Å². The standard InChI is InChI=1S/C15H17N3O/c1-10(2)13-8-9-14(18-17-13)15(19)16-12-6-4-11(3)5-7-12/h4-10H,1-3H3,(H,16,19). The smallest absolute Gasteiger partial charge is 0.276 e. The number of benzene rings is 1. The summed E-state index contributed by atoms with van der Waals surface area (Å²) in [6.45, 7) is 6.08. The predicted octanol–water partition coefficient (Wildman–Crippen LogP) is 3.16. The van der Waals surface area contributed by atoms with E-state index in [2.05, 4.69) is 15.5 Å². The Labute approximate surface area is 112 Å². The molecule has 0 atom stereocenters. The van der Waals surface area contributed by atoms with Crippen molar-refractivity contribution in [1.29, 1.82) is 0 Å². The van der Waals surface area contributed by atoms with Gasteiger partial charge >= 0.3 is 0 Å². The second kappa shape index (κ2) is 5.61. The lowest BCUT2D eigenvalue weighted by Crippen LogP contribution is -2.14. The fourth-order valence-electron chi connectivity index (χ4n) is 1.60. The lowest BCUT2D eigenvalue weighted by Gasteiger charge is -2.06. The Morgan fingerprint density at radius 2 is 1.74 bits per heavy atom. The molecule has 1 N–H and O–H groups in total. The van der Waals surface area contributed by atoms with E-state index in [0.717, 1.165) is 16.9 Å². The molecule has 0 aliphatic heterocycles. The molecule has 0 spiro atoms. The fourth-order valence-corrected chi connectivity index (χ4v) is 1.60. The topological polar surface area (TPSA) is 54.9 Å². The summed E-state index contributed by atoms with van der Waals surface area (Å²) in [6, 6.07) is 11.2. The Bertz CT molecular complexity index is 559. The van der Waals surface area contributed by atoms with Gasteiger partial charge in [-0.1, -0.05) is 31.5 Å². The van der Waals surface area contributed by atoms with E-state index < -0.39 is 0 Å². The van der Waals surface area contributed by atoms with Gasteiger partial charge in [-0.05, 0) is 37.1 Å². The monoisotopic (exact) mass is 255 g/mol. The van der Waals surface area contributed by atoms with Crippen LogP contribution in [0.3, 0.4) is 0 Å². The van der Waals surface area contributed by atoms with E-state index in [4.69, 9.17) is 0 Å². The molecule has 1 aromatic heterocycles. The van der Waals surface area contributed by atoms with Gasteiger partial charge in [-0.3, -0.25) is 4.79 Å². The number of aryl methyl sites for hydroxylation is 1. The van der Waals surface area contributed by atoms with Crippen molar-refractivity contribution in [2.75, 3.05) is 5.32 Å². The van der Waals surface area contributed by atoms with E-state index in [1.165, 1.54) is 0 Å². The van der Waals surface area contributed by atoms with Gasteiger partial charge in [0.2, 0.25) is 0 Å². The maximum atomic E-state index is 12.0. The largest absolute Gasteiger partial charge is 0.321 e. The normalized spacial score (nSPS) is 10.5. The van der Waals surface area contributed by atoms with Crippen molar-refractivity contribution in [3.63, 3.8) is 0 Å². The number of nitrogens with zero attached hydrogens (tertiary/aromatic N) is 2. The van der Waals surface area contributed by atoms with E-state index in [9.17, 15) is 4.79 Å². The highest BCUT2D eigenvalue weighted by Crippen LogP contribution is 2.12. The van der Waals surface area contributed by atoms with Crippen LogP contribution in [-0.4, -0.2) is 16.1 Å². The van der Waals surface area contributed by atoms with Crippen molar-refractivity contribution in [3.8, 4) is 0 Å². The van der Waals surface area contributed by atoms with Gasteiger partial charge in [0.15, 0.2) is 5.69 Å². The summed E-state index contributed by atoms with van der Waals surface area (Å²) < 4.78 is 0. The first-order valence-electron chi connectivity index (χ1n) is 6.28. The zero-order valence-electron chi connectivity index (χ0n) is 11.3. The van der Waals surface area contributed by atoms with Crippen LogP contribution in [0.4, 0.5) is 5.69 Å². The third-order valence-corrected chi connectivity index (χ3v) is 2.82. The highest BCUT2D eigenvalue weighted by Gasteiger charge is 2.09. The van der Waals surface area contributed by atoms with E-state index in [-0.39, 0.29) is 5.91 Å². The SMILES string of the molecule is Cc1ccc(NC(=O)c2ccc(C(C)C)nn2)cc1. The van der Waals surface area contributed by atoms with Gasteiger partial charge < -0.3 is 5.32 Å². The van der Waals surface area contributed by atoms with E-state index in [1.54, 1.807) is 6.07 Å². The third kappa shape index (κ3) is 3.37. The number of nitrogens with one attached hydrogen (secondary N) is 1. The summed E-state index contributed by atoms with van der Waals surface area (Å²) in [4.78, 5) is 12.0. The van der Waals surface area contributed by atoms with Crippen molar-refractivity contribution in [2.24, 2.45) is 0 Å². The van der Waals surface area contributed by atoms with Crippen molar-refractivity contribution in [1.82, 2.24) is 10.2 Å². The van der Waals surface area contributed by atoms with Gasteiger partial charge in [-0.25, -0.2) is 0 Å². The minimum atomic E-state index is -0.244. The number of hydrogen-bond donors (Lipinski definition) is 1. The summed E-state index contributed by atoms with van der Waals surface area (Å²) in [5.74, 6) is 0.0633. The molecule has 0 aliphatic carbocycles. The molecule has 1 aromatic carbocycles. The van der Waals surface area contributed by atoms with Crippen LogP contribution in [0, 0.1) is 6.92 Å². The molecule has 0 radical (unpaired) electrons. The lowest BCUT2D eigenvalue weighted by atomic mass is 10.1. The zero-order chi connectivity index (χ0) is 13.8. The van der Waals surface area contributed by atoms with Crippen LogP contribution in [0.15, 0.2) is 36.4 Å². The van der Waals surface area contributed by atoms with Crippen molar-refractivity contribution < 1.29 is 4.79 Å². The number of hydrogen-bond acceptors (Lipinski definition) is 3. The molecule has 98 valence electrons. The number of anilines is 1. The van der Waals surface area contributed by atoms with E-state index in [1.807, 2.05) is 51.1 Å². The molecular weight excluding hydrogens is 238 g/mol. The van der Waals surface area contributed by atoms with Crippen LogP contribution < -0.4 is 5.32 Å². The highest BCUT2D eigenvalue weighted by atomic mass is 16.1. The highest BCUT2D eigenvalue weighted by molar-refractivity contribution is 6.02. The first kappa shape index (κ1) is 13.2. The molecule has 0 fully saturated rings. The maximum absolute atomic E-state index is 12.0. The third-order valence-electron chi connectivity index (χ3n) is 2.82. The minimum absolute atomic E-state index is 0.244. The molecule has 2 aromatic rings. The van der Waals surface area contributed by atoms with Crippen LogP contribution in [0.5, 0.6) is 0 Å². The first-order chi connectivity index (χ1) is 9.06. The Morgan fingerprint density at radius 3 is 2.26 bits per heavy atom. The molecular formula is C15H17N3O. The maximum Gasteiger partial charge on any atom is 0.276 e. The Balaban J connectivity index is 2.09. The Kier molecular flexibility index (Phi) is 3.90. The summed E-state index contributed by atoms with van der Waals surface area (Å²) in [6.07, 6.45) is 0. The van der Waals surface area contributed by atoms with Crippen LogP contribution >= 0.6 is 0 Å². The van der Waals surface area contributed by atoms with Gasteiger partial charge in [0, 0.05) is 5.69 Å². The molecule has 0 unspecified atom stereocenters. The molecule has 2 rings (SSSR count). The molecule has 0 bridgehead atoms. The van der Waals surface area contributed by atoms with Crippen molar-refractivity contribution >= 4 is 11.6 Å². The zero-order valence-corrected chi connectivity index (χ0v) is 11.3. The van der Waals surface area contributed by atoms with Crippen LogP contribution in [0.1, 0.15) is 41.5 Å². The average Bonchev–Trinajstić information content (AvgIpc) is 2.41. The molecule has 19 heavy (non-hydrogen) atoms. The molecule has 0 aliphatic rings. The second-order valence-electron chi connectivity index (χ2n) is 4.82. The minimum Gasteiger partial charge on any atom is -0.321 e. The van der Waals surface area contributed by atoms with Crippen LogP contribution in [0.2, 0.25) is 0 Å². The average molecular weight is 255 g/mol. The summed E-state index contributed by atoms with van der Waals surface area (Å²) >= 11 is 0. The number of aromatic nitrogens is 2.